The van der Waals surface area contributed by atoms with Gasteiger partial charge < -0.3 is 27.9 Å². The molecular formula is C22H28N6. The number of anilines is 3. The zero-order chi connectivity index (χ0) is 19.8. The number of nitrogen functional groups attached to an aromatic ring is 3. The first kappa shape index (κ1) is 18.3. The number of para-hydroxylation sites is 1. The summed E-state index contributed by atoms with van der Waals surface area (Å²) in [5, 5.41) is 18.3. The molecule has 28 heavy (non-hydrogen) atoms. The molecule has 3 aliphatic rings. The lowest BCUT2D eigenvalue weighted by molar-refractivity contribution is 0.294. The molecule has 6 nitrogen and oxygen atoms in total. The van der Waals surface area contributed by atoms with Gasteiger partial charge in [-0.3, -0.25) is 5.41 Å². The van der Waals surface area contributed by atoms with Gasteiger partial charge in [0.05, 0.1) is 0 Å². The molecule has 0 aromatic heterocycles. The van der Waals surface area contributed by atoms with Gasteiger partial charge in [0.2, 0.25) is 0 Å². The Balaban J connectivity index is 0.000000165. The summed E-state index contributed by atoms with van der Waals surface area (Å²) in [5.74, 6) is 3.18. The number of nitrogens with two attached hydrogens (primary N) is 3. The average Bonchev–Trinajstić information content (AvgIpc) is 3.31. The second-order valence-corrected chi connectivity index (χ2v) is 8.08. The first-order valence-corrected chi connectivity index (χ1v) is 9.86. The monoisotopic (exact) mass is 376 g/mol. The third-order valence-electron chi connectivity index (χ3n) is 6.67. The molecule has 5 rings (SSSR count). The van der Waals surface area contributed by atoms with Crippen LogP contribution < -0.4 is 22.5 Å². The van der Waals surface area contributed by atoms with Gasteiger partial charge in [-0.05, 0) is 72.8 Å². The highest BCUT2D eigenvalue weighted by Gasteiger charge is 2.50. The topological polar surface area (TPSA) is 138 Å². The van der Waals surface area contributed by atoms with Crippen LogP contribution in [0.2, 0.25) is 0 Å². The zero-order valence-electron chi connectivity index (χ0n) is 15.9. The van der Waals surface area contributed by atoms with Crippen LogP contribution in [-0.4, -0.2) is 18.6 Å². The Bertz CT molecular complexity index is 921. The van der Waals surface area contributed by atoms with Crippen LogP contribution >= 0.6 is 0 Å². The lowest BCUT2D eigenvalue weighted by atomic mass is 9.71. The largest absolute Gasteiger partial charge is 0.398 e. The molecule has 0 spiro atoms. The Morgan fingerprint density at radius 2 is 1.79 bits per heavy atom. The second kappa shape index (κ2) is 7.19. The average molecular weight is 377 g/mol. The van der Waals surface area contributed by atoms with Crippen LogP contribution in [0.3, 0.4) is 0 Å². The Kier molecular flexibility index (Phi) is 4.71. The Hall–Kier alpha value is -3.02. The Morgan fingerprint density at radius 1 is 1.04 bits per heavy atom. The summed E-state index contributed by atoms with van der Waals surface area (Å²) in [4.78, 5) is 0. The van der Waals surface area contributed by atoms with E-state index >= 15 is 0 Å². The molecule has 1 aliphatic heterocycles. The third kappa shape index (κ3) is 2.99. The number of nitrogens with one attached hydrogen (secondary N) is 3. The van der Waals surface area contributed by atoms with Crippen molar-refractivity contribution in [1.29, 1.82) is 10.8 Å². The van der Waals surface area contributed by atoms with Crippen LogP contribution in [-0.2, 0) is 0 Å². The minimum atomic E-state index is 0.0121. The summed E-state index contributed by atoms with van der Waals surface area (Å²) in [5.41, 5.74) is 22.2. The minimum Gasteiger partial charge on any atom is -0.398 e. The van der Waals surface area contributed by atoms with Crippen molar-refractivity contribution in [2.24, 2.45) is 23.5 Å². The fourth-order valence-electron chi connectivity index (χ4n) is 5.45. The van der Waals surface area contributed by atoms with Crippen molar-refractivity contribution >= 4 is 29.1 Å². The summed E-state index contributed by atoms with van der Waals surface area (Å²) in [6.07, 6.45) is 5.62. The van der Waals surface area contributed by atoms with Gasteiger partial charge in [-0.2, -0.15) is 0 Å². The maximum Gasteiger partial charge on any atom is 0.124 e. The van der Waals surface area contributed by atoms with Crippen molar-refractivity contribution in [3.63, 3.8) is 0 Å². The summed E-state index contributed by atoms with van der Waals surface area (Å²) in [6, 6.07) is 11.1. The standard InChI is InChI=1S/C15H19N3.C7H9N3/c16-6-10-12(17)3-4-13-15(10)14-9-2-1-8(5-9)11(14)7-18-13;8-6-4-2-1-3-5(6)7(9)10/h3-4,6,8-9,11,14,16,18H,1-2,5,7,17H2;1-4H,8H2,(H3,9,10)/t8-,9?,11?,14?;/m1./s1. The predicted octanol–water partition coefficient (Wildman–Crippen LogP) is 3.37. The molecule has 2 aromatic carbocycles. The van der Waals surface area contributed by atoms with Crippen molar-refractivity contribution < 1.29 is 0 Å². The smallest absolute Gasteiger partial charge is 0.124 e. The molecule has 2 aromatic rings. The van der Waals surface area contributed by atoms with Gasteiger partial charge in [0.25, 0.3) is 0 Å². The Labute approximate surface area is 165 Å². The van der Waals surface area contributed by atoms with Crippen molar-refractivity contribution in [1.82, 2.24) is 0 Å². The van der Waals surface area contributed by atoms with Gasteiger partial charge in [0.15, 0.2) is 0 Å². The van der Waals surface area contributed by atoms with Crippen molar-refractivity contribution in [2.45, 2.75) is 25.2 Å². The molecule has 3 unspecified atom stereocenters. The van der Waals surface area contributed by atoms with E-state index < -0.39 is 0 Å². The van der Waals surface area contributed by atoms with E-state index in [1.807, 2.05) is 12.1 Å². The fraction of sp³-hybridized carbons (Fsp3) is 0.364. The van der Waals surface area contributed by atoms with E-state index in [1.165, 1.54) is 36.7 Å². The second-order valence-electron chi connectivity index (χ2n) is 8.08. The van der Waals surface area contributed by atoms with E-state index in [2.05, 4.69) is 11.4 Å². The van der Waals surface area contributed by atoms with Gasteiger partial charge in [0.1, 0.15) is 5.84 Å². The predicted molar refractivity (Wildman–Crippen MR) is 116 cm³/mol. The van der Waals surface area contributed by atoms with Crippen molar-refractivity contribution in [3.05, 3.63) is 53.1 Å². The Morgan fingerprint density at radius 3 is 2.46 bits per heavy atom. The highest BCUT2D eigenvalue weighted by atomic mass is 14.9. The van der Waals surface area contributed by atoms with E-state index in [-0.39, 0.29) is 5.84 Å². The molecule has 0 amide bonds. The number of benzene rings is 2. The van der Waals surface area contributed by atoms with Gasteiger partial charge in [0, 0.05) is 40.9 Å². The lowest BCUT2D eigenvalue weighted by Gasteiger charge is -2.38. The number of rotatable bonds is 2. The minimum absolute atomic E-state index is 0.0121. The molecule has 6 heteroatoms. The highest BCUT2D eigenvalue weighted by molar-refractivity contribution is 5.99. The molecule has 0 saturated heterocycles. The molecular weight excluding hydrogens is 348 g/mol. The maximum atomic E-state index is 7.68. The number of fused-ring (bicyclic) bond motifs is 7. The number of hydrogen-bond donors (Lipinski definition) is 6. The van der Waals surface area contributed by atoms with Gasteiger partial charge in [-0.25, -0.2) is 0 Å². The van der Waals surface area contributed by atoms with Crippen LogP contribution in [0.25, 0.3) is 0 Å². The lowest BCUT2D eigenvalue weighted by Crippen LogP contribution is -2.33. The third-order valence-corrected chi connectivity index (χ3v) is 6.67. The van der Waals surface area contributed by atoms with Gasteiger partial charge in [-0.1, -0.05) is 12.1 Å². The maximum absolute atomic E-state index is 7.68. The number of amidine groups is 1. The molecule has 2 aliphatic carbocycles. The molecule has 9 N–H and O–H groups in total. The molecule has 2 fully saturated rings. The van der Waals surface area contributed by atoms with E-state index in [9.17, 15) is 0 Å². The number of hydrogen-bond acceptors (Lipinski definition) is 5. The van der Waals surface area contributed by atoms with Crippen molar-refractivity contribution in [3.8, 4) is 0 Å². The van der Waals surface area contributed by atoms with E-state index in [0.717, 1.165) is 35.5 Å². The normalized spacial score (nSPS) is 26.3. The molecule has 4 atom stereocenters. The van der Waals surface area contributed by atoms with Gasteiger partial charge >= 0.3 is 0 Å². The van der Waals surface area contributed by atoms with E-state index in [0.29, 0.717) is 17.2 Å². The van der Waals surface area contributed by atoms with E-state index in [1.54, 1.807) is 18.2 Å². The first-order valence-electron chi connectivity index (χ1n) is 9.86. The molecule has 2 bridgehead atoms. The van der Waals surface area contributed by atoms with Crippen molar-refractivity contribution in [2.75, 3.05) is 23.3 Å². The summed E-state index contributed by atoms with van der Waals surface area (Å²) >= 11 is 0. The molecule has 146 valence electrons. The zero-order valence-corrected chi connectivity index (χ0v) is 15.9. The fourth-order valence-corrected chi connectivity index (χ4v) is 5.45. The summed E-state index contributed by atoms with van der Waals surface area (Å²) < 4.78 is 0. The highest BCUT2D eigenvalue weighted by Crippen LogP contribution is 2.60. The molecule has 1 heterocycles. The first-order chi connectivity index (χ1) is 13.5. The summed E-state index contributed by atoms with van der Waals surface area (Å²) in [7, 11) is 0. The molecule has 0 radical (unpaired) electrons. The van der Waals surface area contributed by atoms with Crippen LogP contribution in [0.4, 0.5) is 17.1 Å². The van der Waals surface area contributed by atoms with Crippen LogP contribution in [0, 0.1) is 28.6 Å². The van der Waals surface area contributed by atoms with Crippen LogP contribution in [0.5, 0.6) is 0 Å². The van der Waals surface area contributed by atoms with Crippen LogP contribution in [0.1, 0.15) is 41.9 Å². The summed E-state index contributed by atoms with van der Waals surface area (Å²) in [6.45, 7) is 1.11. The SMILES string of the molecule is N=C(N)c1ccccc1N.N=Cc1c(N)ccc2c1C1C3CC[C@H](C3)C1CN2. The molecule has 2 saturated carbocycles. The van der Waals surface area contributed by atoms with E-state index in [4.69, 9.17) is 28.0 Å². The van der Waals surface area contributed by atoms with Crippen LogP contribution in [0.15, 0.2) is 36.4 Å². The van der Waals surface area contributed by atoms with Gasteiger partial charge in [-0.15, -0.1) is 0 Å². The quantitative estimate of drug-likeness (QED) is 0.272.